The van der Waals surface area contributed by atoms with Crippen LogP contribution in [0.5, 0.6) is 5.75 Å². The Balaban J connectivity index is 3.50. The number of carbonyl (C=O) groups excluding carboxylic acids is 1. The first kappa shape index (κ1) is 10.4. The number of rotatable bonds is 2. The molecule has 0 bridgehead atoms. The Morgan fingerprint density at radius 2 is 2.07 bits per heavy atom. The van der Waals surface area contributed by atoms with Gasteiger partial charge in [-0.25, -0.2) is 8.78 Å². The van der Waals surface area contributed by atoms with E-state index in [1.165, 1.54) is 6.07 Å². The molecule has 0 aliphatic carbocycles. The van der Waals surface area contributed by atoms with Crippen LogP contribution in [0.15, 0.2) is 12.1 Å². The zero-order valence-corrected chi connectivity index (χ0v) is 7.42. The molecular formula is C9H9F2NO2. The highest BCUT2D eigenvalue weighted by atomic mass is 19.3. The molecule has 1 rings (SSSR count). The molecular weight excluding hydrogens is 192 g/mol. The summed E-state index contributed by atoms with van der Waals surface area (Å²) in [7, 11) is 0. The SMILES string of the molecule is CC(=O)c1c(N)ccc(O)c1C(F)F. The maximum atomic E-state index is 12.5. The van der Waals surface area contributed by atoms with Crippen LogP contribution in [0.4, 0.5) is 14.5 Å². The largest absolute Gasteiger partial charge is 0.507 e. The van der Waals surface area contributed by atoms with Gasteiger partial charge in [0.15, 0.2) is 5.78 Å². The molecule has 0 aliphatic heterocycles. The summed E-state index contributed by atoms with van der Waals surface area (Å²) < 4.78 is 24.9. The number of hydrogen-bond donors (Lipinski definition) is 2. The highest BCUT2D eigenvalue weighted by Gasteiger charge is 2.22. The van der Waals surface area contributed by atoms with Gasteiger partial charge in [-0.3, -0.25) is 4.79 Å². The average Bonchev–Trinajstić information content (AvgIpc) is 2.07. The van der Waals surface area contributed by atoms with Crippen molar-refractivity contribution < 1.29 is 18.7 Å². The minimum atomic E-state index is -2.92. The Hall–Kier alpha value is -1.65. The predicted molar refractivity (Wildman–Crippen MR) is 47.5 cm³/mol. The van der Waals surface area contributed by atoms with Crippen molar-refractivity contribution >= 4 is 11.5 Å². The highest BCUT2D eigenvalue weighted by molar-refractivity contribution is 6.01. The monoisotopic (exact) mass is 201 g/mol. The predicted octanol–water partition coefficient (Wildman–Crippen LogP) is 2.11. The number of hydrogen-bond acceptors (Lipinski definition) is 3. The van der Waals surface area contributed by atoms with Gasteiger partial charge in [0.1, 0.15) is 5.75 Å². The third kappa shape index (κ3) is 1.66. The van der Waals surface area contributed by atoms with Crippen LogP contribution >= 0.6 is 0 Å². The lowest BCUT2D eigenvalue weighted by molar-refractivity contribution is 0.0997. The van der Waals surface area contributed by atoms with E-state index in [2.05, 4.69) is 0 Å². The van der Waals surface area contributed by atoms with Gasteiger partial charge in [0, 0.05) is 5.69 Å². The summed E-state index contributed by atoms with van der Waals surface area (Å²) in [6.07, 6.45) is -2.92. The molecule has 0 saturated carbocycles. The Labute approximate surface area is 79.2 Å². The van der Waals surface area contributed by atoms with Crippen molar-refractivity contribution in [3.63, 3.8) is 0 Å². The minimum absolute atomic E-state index is 0.0504. The number of benzene rings is 1. The van der Waals surface area contributed by atoms with Crippen molar-refractivity contribution in [2.45, 2.75) is 13.3 Å². The third-order valence-electron chi connectivity index (χ3n) is 1.83. The number of alkyl halides is 2. The quantitative estimate of drug-likeness (QED) is 0.437. The highest BCUT2D eigenvalue weighted by Crippen LogP contribution is 2.34. The summed E-state index contributed by atoms with van der Waals surface area (Å²) in [5.74, 6) is -1.20. The second kappa shape index (κ2) is 3.61. The van der Waals surface area contributed by atoms with Gasteiger partial charge in [-0.05, 0) is 19.1 Å². The number of phenols is 1. The van der Waals surface area contributed by atoms with E-state index < -0.39 is 23.5 Å². The van der Waals surface area contributed by atoms with Crippen LogP contribution in [0.1, 0.15) is 29.3 Å². The number of carbonyl (C=O) groups is 1. The van der Waals surface area contributed by atoms with Gasteiger partial charge in [-0.15, -0.1) is 0 Å². The van der Waals surface area contributed by atoms with Crippen molar-refractivity contribution in [1.82, 2.24) is 0 Å². The lowest BCUT2D eigenvalue weighted by atomic mass is 10.0. The number of aromatic hydroxyl groups is 1. The van der Waals surface area contributed by atoms with Crippen LogP contribution in [0.2, 0.25) is 0 Å². The molecule has 0 fully saturated rings. The van der Waals surface area contributed by atoms with Crippen LogP contribution in [0, 0.1) is 0 Å². The van der Waals surface area contributed by atoms with Crippen molar-refractivity contribution in [1.29, 1.82) is 0 Å². The van der Waals surface area contributed by atoms with Crippen LogP contribution in [0.25, 0.3) is 0 Å². The number of anilines is 1. The summed E-state index contributed by atoms with van der Waals surface area (Å²) in [5, 5.41) is 9.15. The maximum absolute atomic E-state index is 12.5. The van der Waals surface area contributed by atoms with Gasteiger partial charge < -0.3 is 10.8 Å². The second-order valence-electron chi connectivity index (χ2n) is 2.82. The number of nitrogen functional groups attached to an aromatic ring is 1. The van der Waals surface area contributed by atoms with Gasteiger partial charge in [-0.2, -0.15) is 0 Å². The van der Waals surface area contributed by atoms with E-state index in [9.17, 15) is 13.6 Å². The first-order valence-corrected chi connectivity index (χ1v) is 3.85. The van der Waals surface area contributed by atoms with Crippen LogP contribution in [0.3, 0.4) is 0 Å². The van der Waals surface area contributed by atoms with Crippen LogP contribution < -0.4 is 5.73 Å². The molecule has 0 aromatic heterocycles. The lowest BCUT2D eigenvalue weighted by Gasteiger charge is -2.10. The Morgan fingerprint density at radius 3 is 2.43 bits per heavy atom. The molecule has 1 aromatic rings. The van der Waals surface area contributed by atoms with Crippen molar-refractivity contribution in [2.24, 2.45) is 0 Å². The first-order chi connectivity index (χ1) is 6.45. The maximum Gasteiger partial charge on any atom is 0.268 e. The molecule has 0 aliphatic rings. The summed E-state index contributed by atoms with van der Waals surface area (Å²) >= 11 is 0. The van der Waals surface area contributed by atoms with E-state index in [1.54, 1.807) is 0 Å². The third-order valence-corrected chi connectivity index (χ3v) is 1.83. The standard InChI is InChI=1S/C9H9F2NO2/c1-4(13)7-5(12)2-3-6(14)8(7)9(10)11/h2-3,9,14H,12H2,1H3. The minimum Gasteiger partial charge on any atom is -0.507 e. The van der Waals surface area contributed by atoms with Gasteiger partial charge in [0.2, 0.25) is 0 Å². The van der Waals surface area contributed by atoms with Crippen LogP contribution in [-0.4, -0.2) is 10.9 Å². The van der Waals surface area contributed by atoms with Crippen molar-refractivity contribution in [3.05, 3.63) is 23.3 Å². The zero-order chi connectivity index (χ0) is 10.9. The molecule has 0 radical (unpaired) electrons. The van der Waals surface area contributed by atoms with E-state index in [4.69, 9.17) is 10.8 Å². The molecule has 0 unspecified atom stereocenters. The summed E-state index contributed by atoms with van der Waals surface area (Å²) in [5.41, 5.74) is 4.31. The fraction of sp³-hybridized carbons (Fsp3) is 0.222. The summed E-state index contributed by atoms with van der Waals surface area (Å²) in [6, 6.07) is 2.27. The number of ketones is 1. The first-order valence-electron chi connectivity index (χ1n) is 3.85. The van der Waals surface area contributed by atoms with Gasteiger partial charge >= 0.3 is 0 Å². The topological polar surface area (TPSA) is 63.3 Å². The van der Waals surface area contributed by atoms with E-state index in [0.717, 1.165) is 13.0 Å². The van der Waals surface area contributed by atoms with Gasteiger partial charge in [0.05, 0.1) is 11.1 Å². The summed E-state index contributed by atoms with van der Waals surface area (Å²) in [4.78, 5) is 11.0. The molecule has 14 heavy (non-hydrogen) atoms. The molecule has 5 heteroatoms. The number of phenolic OH excluding ortho intramolecular Hbond substituents is 1. The number of halogens is 2. The average molecular weight is 201 g/mol. The fourth-order valence-corrected chi connectivity index (χ4v) is 1.24. The molecule has 0 amide bonds. The molecule has 0 spiro atoms. The normalized spacial score (nSPS) is 10.6. The van der Waals surface area contributed by atoms with Crippen molar-refractivity contribution in [2.75, 3.05) is 5.73 Å². The molecule has 3 nitrogen and oxygen atoms in total. The molecule has 3 N–H and O–H groups in total. The Bertz CT molecular complexity index is 377. The number of nitrogens with two attached hydrogens (primary N) is 1. The van der Waals surface area contributed by atoms with Gasteiger partial charge in [-0.1, -0.05) is 0 Å². The van der Waals surface area contributed by atoms with E-state index in [-0.39, 0.29) is 11.3 Å². The molecule has 76 valence electrons. The van der Waals surface area contributed by atoms with Crippen LogP contribution in [-0.2, 0) is 0 Å². The van der Waals surface area contributed by atoms with E-state index in [0.29, 0.717) is 0 Å². The Kier molecular flexibility index (Phi) is 2.69. The molecule has 0 saturated heterocycles. The van der Waals surface area contributed by atoms with Crippen molar-refractivity contribution in [3.8, 4) is 5.75 Å². The molecule has 1 aromatic carbocycles. The lowest BCUT2D eigenvalue weighted by Crippen LogP contribution is -2.05. The Morgan fingerprint density at radius 1 is 1.50 bits per heavy atom. The number of Topliss-reactive ketones (excluding diaryl/α,β-unsaturated/α-hetero) is 1. The smallest absolute Gasteiger partial charge is 0.268 e. The summed E-state index contributed by atoms with van der Waals surface area (Å²) in [6.45, 7) is 1.12. The fourth-order valence-electron chi connectivity index (χ4n) is 1.24. The molecule has 0 heterocycles. The van der Waals surface area contributed by atoms with Gasteiger partial charge in [0.25, 0.3) is 6.43 Å². The van der Waals surface area contributed by atoms with E-state index in [1.807, 2.05) is 0 Å². The van der Waals surface area contributed by atoms with E-state index >= 15 is 0 Å². The molecule has 0 atom stereocenters. The second-order valence-corrected chi connectivity index (χ2v) is 2.82. The zero-order valence-electron chi connectivity index (χ0n) is 7.42.